The maximum atomic E-state index is 6.32. The summed E-state index contributed by atoms with van der Waals surface area (Å²) in [6, 6.07) is 84.8. The number of nitrogens with zero attached hydrogens (tertiary/aromatic N) is 2. The fourth-order valence-corrected chi connectivity index (χ4v) is 12.4. The molecule has 0 saturated carbocycles. The summed E-state index contributed by atoms with van der Waals surface area (Å²) < 4.78 is 6.32. The zero-order valence-corrected chi connectivity index (χ0v) is 51.0. The molecule has 0 fully saturated rings. The van der Waals surface area contributed by atoms with E-state index in [1.54, 1.807) is 0 Å². The number of benzene rings is 11. The Morgan fingerprint density at radius 2 is 0.756 bits per heavy atom. The van der Waals surface area contributed by atoms with Gasteiger partial charge in [-0.05, 0) is 186 Å². The molecule has 3 unspecified atom stereocenters. The van der Waals surface area contributed by atoms with Gasteiger partial charge in [-0.2, -0.15) is 24.6 Å². The molecular weight excluding hydrogens is 1170 g/mol. The molecule has 4 heteroatoms. The summed E-state index contributed by atoms with van der Waals surface area (Å²) in [4.78, 5) is 4.88. The van der Waals surface area contributed by atoms with Crippen molar-refractivity contribution in [1.82, 2.24) is 0 Å². The first-order chi connectivity index (χ1) is 39.8. The average molecular weight is 1240 g/mol. The maximum absolute atomic E-state index is 6.32. The van der Waals surface area contributed by atoms with Crippen LogP contribution in [0.1, 0.15) is 104 Å². The molecule has 13 aromatic rings. The summed E-state index contributed by atoms with van der Waals surface area (Å²) >= 11 is 0. The van der Waals surface area contributed by atoms with Crippen LogP contribution in [0.15, 0.2) is 218 Å². The average Bonchev–Trinajstić information content (AvgIpc) is 1.76. The van der Waals surface area contributed by atoms with Gasteiger partial charge in [0.15, 0.2) is 0 Å². The van der Waals surface area contributed by atoms with Gasteiger partial charge in [-0.1, -0.05) is 187 Å². The predicted octanol–water partition coefficient (Wildman–Crippen LogP) is 23.4. The van der Waals surface area contributed by atoms with Crippen molar-refractivity contribution in [3.05, 3.63) is 243 Å². The second-order valence-electron chi connectivity index (χ2n) is 22.1. The molecule has 3 nitrogen and oxygen atoms in total. The monoisotopic (exact) mass is 1240 g/mol. The van der Waals surface area contributed by atoms with E-state index in [1.165, 1.54) is 104 Å². The molecule has 0 radical (unpaired) electrons. The number of fused-ring (bicyclic) bond motifs is 6. The Morgan fingerprint density at radius 3 is 1.13 bits per heavy atom. The molecule has 13 rings (SSSR count). The zero-order valence-electron chi connectivity index (χ0n) is 48.4. The summed E-state index contributed by atoms with van der Waals surface area (Å²) in [6.07, 6.45) is 5.56. The minimum absolute atomic E-state index is 0. The van der Waals surface area contributed by atoms with Crippen molar-refractivity contribution < 1.29 is 24.5 Å². The second kappa shape index (κ2) is 24.2. The Balaban J connectivity index is 0.00000137. The molecule has 0 aromatic heterocycles. The summed E-state index contributed by atoms with van der Waals surface area (Å²) in [5, 5.41) is 15.2. The molecule has 0 N–H and O–H groups in total. The Kier molecular flexibility index (Phi) is 16.5. The second-order valence-corrected chi connectivity index (χ2v) is 22.1. The molecule has 0 saturated heterocycles. The molecule has 0 bridgehead atoms. The zero-order chi connectivity index (χ0) is 55.7. The number of hydrogen-bond donors (Lipinski definition) is 0. The van der Waals surface area contributed by atoms with Crippen LogP contribution in [0.4, 0.5) is 34.1 Å². The summed E-state index contributed by atoms with van der Waals surface area (Å²) in [5.41, 5.74) is 14.4. The van der Waals surface area contributed by atoms with Gasteiger partial charge in [-0.25, -0.2) is 0 Å². The van der Waals surface area contributed by atoms with Gasteiger partial charge in [0.1, 0.15) is 5.75 Å². The third kappa shape index (κ3) is 9.94. The maximum Gasteiger partial charge on any atom is 2.00 e. The first-order valence-electron chi connectivity index (χ1n) is 29.6. The van der Waals surface area contributed by atoms with E-state index in [1.807, 2.05) is 12.1 Å². The van der Waals surface area contributed by atoms with E-state index in [2.05, 4.69) is 278 Å². The van der Waals surface area contributed by atoms with Crippen molar-refractivity contribution in [1.29, 1.82) is 0 Å². The molecule has 0 spiro atoms. The van der Waals surface area contributed by atoms with Crippen LogP contribution >= 0.6 is 0 Å². The summed E-state index contributed by atoms with van der Waals surface area (Å²) in [7, 11) is 0. The standard InChI is InChI=1S/C74H63N2O.C4H9.Os/c1-7-47(4)50-31-35-55(36-32-50)75(54-25-17-12-18-26-54)65-45-43-63-69-59(65)27-19-29-61(69)71-67(52-21-13-10-14-22-52)72-62-30-20-28-60-66(46-44-64(70(60)62)74(72)68(73(63)71)53-23-15-11-16-24-53)76(56-37-33-51(34-38-56)48(5)8-2)57-39-41-58(42-40-57)77-49(6)9-3;1-3-4-2;/h10-11,13-49H,7-9H2,1-6H3;1,3-4H2,2H3;/q2*-1;+2. The van der Waals surface area contributed by atoms with Crippen molar-refractivity contribution in [2.45, 2.75) is 98.5 Å². The van der Waals surface area contributed by atoms with Crippen molar-refractivity contribution in [3.63, 3.8) is 0 Å². The number of unbranched alkanes of at least 4 members (excludes halogenated alkanes) is 1. The largest absolute Gasteiger partial charge is 2.00 e. The van der Waals surface area contributed by atoms with Gasteiger partial charge in [-0.3, -0.25) is 0 Å². The van der Waals surface area contributed by atoms with Crippen LogP contribution in [-0.2, 0) is 19.8 Å². The van der Waals surface area contributed by atoms with Gasteiger partial charge >= 0.3 is 19.8 Å². The fraction of sp³-hybridized carbons (Fsp3) is 0.192. The van der Waals surface area contributed by atoms with E-state index < -0.39 is 0 Å². The third-order valence-corrected chi connectivity index (χ3v) is 17.2. The van der Waals surface area contributed by atoms with Gasteiger partial charge in [0.2, 0.25) is 0 Å². The van der Waals surface area contributed by atoms with E-state index in [-0.39, 0.29) is 25.9 Å². The number of anilines is 6. The van der Waals surface area contributed by atoms with Crippen LogP contribution in [0.3, 0.4) is 0 Å². The number of rotatable bonds is 16. The fourth-order valence-electron chi connectivity index (χ4n) is 12.4. The van der Waals surface area contributed by atoms with Crippen LogP contribution < -0.4 is 14.5 Å². The van der Waals surface area contributed by atoms with Crippen molar-refractivity contribution >= 4 is 98.8 Å². The van der Waals surface area contributed by atoms with Gasteiger partial charge in [0, 0.05) is 27.8 Å². The first-order valence-corrected chi connectivity index (χ1v) is 29.6. The molecule has 0 aliphatic rings. The topological polar surface area (TPSA) is 15.7 Å². The van der Waals surface area contributed by atoms with E-state index in [4.69, 9.17) is 4.74 Å². The van der Waals surface area contributed by atoms with Crippen molar-refractivity contribution in [3.8, 4) is 28.0 Å². The van der Waals surface area contributed by atoms with E-state index in [0.29, 0.717) is 11.8 Å². The van der Waals surface area contributed by atoms with Crippen LogP contribution in [0.2, 0.25) is 0 Å². The molecule has 0 aliphatic heterocycles. The molecule has 0 heterocycles. The molecule has 82 heavy (non-hydrogen) atoms. The van der Waals surface area contributed by atoms with Crippen molar-refractivity contribution in [2.24, 2.45) is 0 Å². The molecule has 13 aromatic carbocycles. The van der Waals surface area contributed by atoms with Crippen LogP contribution in [0, 0.1) is 13.0 Å². The Bertz CT molecular complexity index is 4160. The van der Waals surface area contributed by atoms with E-state index in [0.717, 1.165) is 65.6 Å². The van der Waals surface area contributed by atoms with E-state index in [9.17, 15) is 0 Å². The summed E-state index contributed by atoms with van der Waals surface area (Å²) in [5.74, 6) is 1.85. The molecule has 408 valence electrons. The van der Waals surface area contributed by atoms with Crippen LogP contribution in [-0.4, -0.2) is 6.10 Å². The Labute approximate surface area is 498 Å². The molecular formula is C78H72N2OOs. The quantitative estimate of drug-likeness (QED) is 0.0897. The molecule has 0 aliphatic carbocycles. The SMILES string of the molecule is CCC(C)Oc1ccc(N(c2ccc(C(C)CC)cc2)c2ccc3c4c(-c5ccccc5)c5c6ccc(N(c7cc[c-]cc7)c7ccc(C(C)CC)cc7)c7cccc(c5c(-c5ccccc5)c4c4cccc2c43)c76)cc1.[CH2-]CCC.[Os+2]. The van der Waals surface area contributed by atoms with Gasteiger partial charge in [0.25, 0.3) is 0 Å². The number of hydrogen-bond acceptors (Lipinski definition) is 3. The smallest absolute Gasteiger partial charge is 0.491 e. The minimum Gasteiger partial charge on any atom is -0.491 e. The van der Waals surface area contributed by atoms with Gasteiger partial charge < -0.3 is 21.5 Å². The van der Waals surface area contributed by atoms with Crippen molar-refractivity contribution in [2.75, 3.05) is 9.80 Å². The molecule has 3 atom stereocenters. The van der Waals surface area contributed by atoms with Crippen LogP contribution in [0.5, 0.6) is 5.75 Å². The number of ether oxygens (including phenoxy) is 1. The minimum atomic E-state index is 0. The van der Waals surface area contributed by atoms with E-state index >= 15 is 0 Å². The van der Waals surface area contributed by atoms with Gasteiger partial charge in [0.05, 0.1) is 17.5 Å². The first kappa shape index (κ1) is 55.9. The molecule has 0 amide bonds. The predicted molar refractivity (Wildman–Crippen MR) is 351 cm³/mol. The third-order valence-electron chi connectivity index (χ3n) is 17.2. The Hall–Kier alpha value is -8.02. The Morgan fingerprint density at radius 1 is 0.390 bits per heavy atom. The normalized spacial score (nSPS) is 12.6. The summed E-state index contributed by atoms with van der Waals surface area (Å²) in [6.45, 7) is 19.2. The van der Waals surface area contributed by atoms with Gasteiger partial charge in [-0.15, -0.1) is 12.1 Å². The van der Waals surface area contributed by atoms with Crippen LogP contribution in [0.25, 0.3) is 86.9 Å².